The molecule has 1 aromatic carbocycles. The zero-order valence-electron chi connectivity index (χ0n) is 11.3. The molecule has 0 aliphatic rings. The standard InChI is InChI=1S/C14H17ClF2N2/c1-4-14(2,3)19-11-8-9(16)7-10(17)13(11)18-12(19)5-6-15/h7-8H,4-6H2,1-3H3. The third-order valence-corrected chi connectivity index (χ3v) is 3.73. The molecule has 0 amide bonds. The molecule has 5 heteroatoms. The monoisotopic (exact) mass is 286 g/mol. The smallest absolute Gasteiger partial charge is 0.153 e. The molecule has 0 atom stereocenters. The first kappa shape index (κ1) is 14.3. The maximum Gasteiger partial charge on any atom is 0.153 e. The fourth-order valence-corrected chi connectivity index (χ4v) is 2.41. The van der Waals surface area contributed by atoms with Crippen LogP contribution in [-0.4, -0.2) is 15.4 Å². The van der Waals surface area contributed by atoms with Crippen molar-refractivity contribution in [2.75, 3.05) is 5.88 Å². The van der Waals surface area contributed by atoms with Gasteiger partial charge < -0.3 is 4.57 Å². The highest BCUT2D eigenvalue weighted by atomic mass is 35.5. The van der Waals surface area contributed by atoms with Crippen molar-refractivity contribution < 1.29 is 8.78 Å². The summed E-state index contributed by atoms with van der Waals surface area (Å²) < 4.78 is 29.2. The Morgan fingerprint density at radius 3 is 2.58 bits per heavy atom. The third-order valence-electron chi connectivity index (χ3n) is 3.54. The number of imidazole rings is 1. The number of nitrogens with zero attached hydrogens (tertiary/aromatic N) is 2. The summed E-state index contributed by atoms with van der Waals surface area (Å²) in [5.41, 5.74) is 0.434. The normalized spacial score (nSPS) is 12.3. The van der Waals surface area contributed by atoms with E-state index in [1.807, 2.05) is 25.3 Å². The number of rotatable bonds is 4. The van der Waals surface area contributed by atoms with Crippen LogP contribution in [-0.2, 0) is 12.0 Å². The maximum absolute atomic E-state index is 13.8. The van der Waals surface area contributed by atoms with Gasteiger partial charge in [0.2, 0.25) is 0 Å². The second-order valence-electron chi connectivity index (χ2n) is 5.22. The molecule has 0 unspecified atom stereocenters. The first-order valence-corrected chi connectivity index (χ1v) is 6.87. The highest BCUT2D eigenvalue weighted by molar-refractivity contribution is 6.17. The summed E-state index contributed by atoms with van der Waals surface area (Å²) in [6.07, 6.45) is 1.35. The van der Waals surface area contributed by atoms with Crippen molar-refractivity contribution in [1.29, 1.82) is 0 Å². The van der Waals surface area contributed by atoms with Gasteiger partial charge in [-0.25, -0.2) is 13.8 Å². The van der Waals surface area contributed by atoms with E-state index in [2.05, 4.69) is 4.98 Å². The Kier molecular flexibility index (Phi) is 3.81. The summed E-state index contributed by atoms with van der Waals surface area (Å²) in [5.74, 6) is -0.124. The Morgan fingerprint density at radius 1 is 1.32 bits per heavy atom. The number of halogens is 3. The van der Waals surface area contributed by atoms with E-state index >= 15 is 0 Å². The Bertz CT molecular complexity index is 605. The number of fused-ring (bicyclic) bond motifs is 1. The van der Waals surface area contributed by atoms with Crippen LogP contribution in [0.4, 0.5) is 8.78 Å². The molecule has 1 aromatic heterocycles. The lowest BCUT2D eigenvalue weighted by molar-refractivity contribution is 0.342. The van der Waals surface area contributed by atoms with Gasteiger partial charge in [0.1, 0.15) is 17.2 Å². The third kappa shape index (κ3) is 2.46. The summed E-state index contributed by atoms with van der Waals surface area (Å²) in [6, 6.07) is 2.20. The zero-order valence-corrected chi connectivity index (χ0v) is 12.1. The molecule has 2 rings (SSSR count). The van der Waals surface area contributed by atoms with Gasteiger partial charge in [-0.2, -0.15) is 0 Å². The molecule has 0 bridgehead atoms. The number of hydrogen-bond acceptors (Lipinski definition) is 1. The van der Waals surface area contributed by atoms with E-state index in [4.69, 9.17) is 11.6 Å². The van der Waals surface area contributed by atoms with Gasteiger partial charge in [0.25, 0.3) is 0 Å². The second kappa shape index (κ2) is 5.08. The van der Waals surface area contributed by atoms with Crippen molar-refractivity contribution in [2.45, 2.75) is 39.2 Å². The lowest BCUT2D eigenvalue weighted by atomic mass is 10.0. The molecule has 104 valence electrons. The van der Waals surface area contributed by atoms with Crippen molar-refractivity contribution in [1.82, 2.24) is 9.55 Å². The van der Waals surface area contributed by atoms with Crippen molar-refractivity contribution in [3.63, 3.8) is 0 Å². The number of hydrogen-bond donors (Lipinski definition) is 0. The van der Waals surface area contributed by atoms with Gasteiger partial charge in [-0.15, -0.1) is 11.6 Å². The molecule has 0 aliphatic carbocycles. The van der Waals surface area contributed by atoms with Gasteiger partial charge in [0.05, 0.1) is 5.52 Å². The van der Waals surface area contributed by atoms with Crippen LogP contribution in [0.25, 0.3) is 11.0 Å². The fraction of sp³-hybridized carbons (Fsp3) is 0.500. The van der Waals surface area contributed by atoms with Crippen molar-refractivity contribution in [3.8, 4) is 0 Å². The Balaban J connectivity index is 2.80. The molecular formula is C14H17ClF2N2. The quantitative estimate of drug-likeness (QED) is 0.769. The lowest BCUT2D eigenvalue weighted by Crippen LogP contribution is -2.27. The molecule has 2 nitrogen and oxygen atoms in total. The maximum atomic E-state index is 13.8. The minimum atomic E-state index is -0.628. The van der Waals surface area contributed by atoms with Gasteiger partial charge in [0.15, 0.2) is 5.82 Å². The van der Waals surface area contributed by atoms with E-state index in [1.54, 1.807) is 0 Å². The Morgan fingerprint density at radius 2 is 2.00 bits per heavy atom. The van der Waals surface area contributed by atoms with E-state index in [9.17, 15) is 8.78 Å². The lowest BCUT2D eigenvalue weighted by Gasteiger charge is -2.28. The highest BCUT2D eigenvalue weighted by Crippen LogP contribution is 2.30. The van der Waals surface area contributed by atoms with Gasteiger partial charge in [-0.05, 0) is 26.3 Å². The summed E-state index contributed by atoms with van der Waals surface area (Å²) in [6.45, 7) is 6.08. The first-order chi connectivity index (χ1) is 8.90. The molecule has 2 aromatic rings. The molecule has 0 fully saturated rings. The molecule has 0 radical (unpaired) electrons. The summed E-state index contributed by atoms with van der Waals surface area (Å²) in [7, 11) is 0. The molecule has 0 aliphatic heterocycles. The van der Waals surface area contributed by atoms with Gasteiger partial charge in [-0.1, -0.05) is 6.92 Å². The second-order valence-corrected chi connectivity index (χ2v) is 5.60. The predicted octanol–water partition coefficient (Wildman–Crippen LogP) is 4.24. The molecule has 19 heavy (non-hydrogen) atoms. The molecule has 0 saturated carbocycles. The predicted molar refractivity (Wildman–Crippen MR) is 73.7 cm³/mol. The Hall–Kier alpha value is -1.16. The van der Waals surface area contributed by atoms with Crippen LogP contribution < -0.4 is 0 Å². The van der Waals surface area contributed by atoms with Crippen LogP contribution in [0.1, 0.15) is 33.0 Å². The molecule has 1 heterocycles. The average molecular weight is 287 g/mol. The number of aryl methyl sites for hydroxylation is 1. The summed E-state index contributed by atoms with van der Waals surface area (Å²) >= 11 is 5.78. The average Bonchev–Trinajstić information content (AvgIpc) is 2.69. The minimum absolute atomic E-state index is 0.211. The van der Waals surface area contributed by atoms with Crippen LogP contribution in [0.5, 0.6) is 0 Å². The van der Waals surface area contributed by atoms with Gasteiger partial charge in [-0.3, -0.25) is 0 Å². The SMILES string of the molecule is CCC(C)(C)n1c(CCCl)nc2c(F)cc(F)cc21. The van der Waals surface area contributed by atoms with E-state index < -0.39 is 11.6 Å². The van der Waals surface area contributed by atoms with Crippen LogP contribution in [0.2, 0.25) is 0 Å². The van der Waals surface area contributed by atoms with Crippen LogP contribution in [0, 0.1) is 11.6 Å². The topological polar surface area (TPSA) is 17.8 Å². The minimum Gasteiger partial charge on any atom is -0.322 e. The molecular weight excluding hydrogens is 270 g/mol. The number of benzene rings is 1. The first-order valence-electron chi connectivity index (χ1n) is 6.33. The molecule has 0 N–H and O–H groups in total. The van der Waals surface area contributed by atoms with Crippen molar-refractivity contribution >= 4 is 22.6 Å². The van der Waals surface area contributed by atoms with Crippen molar-refractivity contribution in [3.05, 3.63) is 29.6 Å². The Labute approximate surface area is 116 Å². The van der Waals surface area contributed by atoms with Gasteiger partial charge in [0, 0.05) is 23.9 Å². The molecule has 0 saturated heterocycles. The molecule has 0 spiro atoms. The highest BCUT2D eigenvalue weighted by Gasteiger charge is 2.25. The summed E-state index contributed by atoms with van der Waals surface area (Å²) in [4.78, 5) is 4.29. The number of alkyl halides is 1. The van der Waals surface area contributed by atoms with E-state index in [0.717, 1.165) is 12.5 Å². The van der Waals surface area contributed by atoms with E-state index in [-0.39, 0.29) is 11.1 Å². The van der Waals surface area contributed by atoms with E-state index in [0.29, 0.717) is 23.6 Å². The largest absolute Gasteiger partial charge is 0.322 e. The number of aromatic nitrogens is 2. The van der Waals surface area contributed by atoms with Crippen LogP contribution in [0.15, 0.2) is 12.1 Å². The zero-order chi connectivity index (χ0) is 14.2. The fourth-order valence-electron chi connectivity index (χ4n) is 2.24. The van der Waals surface area contributed by atoms with Gasteiger partial charge >= 0.3 is 0 Å². The van der Waals surface area contributed by atoms with Crippen LogP contribution >= 0.6 is 11.6 Å². The van der Waals surface area contributed by atoms with Crippen molar-refractivity contribution in [2.24, 2.45) is 0 Å². The van der Waals surface area contributed by atoms with E-state index in [1.165, 1.54) is 6.07 Å². The van der Waals surface area contributed by atoms with Crippen LogP contribution in [0.3, 0.4) is 0 Å². The summed E-state index contributed by atoms with van der Waals surface area (Å²) in [5, 5.41) is 0.